The van der Waals surface area contributed by atoms with Gasteiger partial charge < -0.3 is 26.2 Å². The van der Waals surface area contributed by atoms with Crippen LogP contribution in [0.1, 0.15) is 0 Å². The van der Waals surface area contributed by atoms with Crippen molar-refractivity contribution in [3.63, 3.8) is 0 Å². The molecule has 7 nitrogen and oxygen atoms in total. The minimum absolute atomic E-state index is 0. The van der Waals surface area contributed by atoms with E-state index in [0.29, 0.717) is 30.2 Å². The van der Waals surface area contributed by atoms with Crippen molar-refractivity contribution in [2.45, 2.75) is 0 Å². The van der Waals surface area contributed by atoms with Crippen LogP contribution in [0.25, 0.3) is 0 Å². The van der Waals surface area contributed by atoms with Crippen LogP contribution >= 0.6 is 0 Å². The molecule has 0 amide bonds. The van der Waals surface area contributed by atoms with Crippen molar-refractivity contribution in [3.8, 4) is 0 Å². The third-order valence-electron chi connectivity index (χ3n) is 3.65. The maximum absolute atomic E-state index is 12.4. The standard InChI is InChI=1S/C12H13N3O2.C2H8N2.Co/c16-9-7-8(13-1-2-13)12(17)11(15-5-6-15)10(9)14-3-4-14;3-1-2-4;/h7H,1-6H2;1-4H2;. The summed E-state index contributed by atoms with van der Waals surface area (Å²) < 4.78 is 0. The first-order valence-electron chi connectivity index (χ1n) is 7.37. The van der Waals surface area contributed by atoms with Crippen LogP contribution in [0.5, 0.6) is 0 Å². The van der Waals surface area contributed by atoms with Crippen LogP contribution in [0, 0.1) is 0 Å². The molecule has 123 valence electrons. The molecule has 0 bridgehead atoms. The Kier molecular flexibility index (Phi) is 5.27. The summed E-state index contributed by atoms with van der Waals surface area (Å²) in [7, 11) is 0. The smallest absolute Gasteiger partial charge is 0.227 e. The molecule has 4 rings (SSSR count). The number of hydrogen-bond acceptors (Lipinski definition) is 7. The van der Waals surface area contributed by atoms with E-state index in [1.54, 1.807) is 0 Å². The largest absolute Gasteiger partial charge is 0.365 e. The predicted octanol–water partition coefficient (Wildman–Crippen LogP) is -1.92. The summed E-state index contributed by atoms with van der Waals surface area (Å²) >= 11 is 0. The number of nitrogens with zero attached hydrogens (tertiary/aromatic N) is 3. The number of hydrogen-bond donors (Lipinski definition) is 2. The maximum Gasteiger partial charge on any atom is 0.227 e. The van der Waals surface area contributed by atoms with Crippen LogP contribution in [0.15, 0.2) is 23.2 Å². The van der Waals surface area contributed by atoms with Gasteiger partial charge in [0.2, 0.25) is 11.6 Å². The zero-order chi connectivity index (χ0) is 15.0. The van der Waals surface area contributed by atoms with Gasteiger partial charge in [-0.15, -0.1) is 0 Å². The summed E-state index contributed by atoms with van der Waals surface area (Å²) in [6, 6.07) is 0. The van der Waals surface area contributed by atoms with E-state index in [0.717, 1.165) is 39.3 Å². The van der Waals surface area contributed by atoms with Crippen LogP contribution in [-0.2, 0) is 26.4 Å². The predicted molar refractivity (Wildman–Crippen MR) is 78.0 cm³/mol. The van der Waals surface area contributed by atoms with Crippen LogP contribution < -0.4 is 11.5 Å². The SMILES string of the molecule is NCCN.O=C1C=C(N2CC2)C(=O)C(N2CC2)=C1N1CC1.[Co]. The first-order valence-corrected chi connectivity index (χ1v) is 7.37. The van der Waals surface area contributed by atoms with E-state index in [9.17, 15) is 9.59 Å². The Morgan fingerprint density at radius 1 is 0.818 bits per heavy atom. The molecule has 0 saturated carbocycles. The van der Waals surface area contributed by atoms with Gasteiger partial charge >= 0.3 is 0 Å². The molecule has 8 heteroatoms. The Hall–Kier alpha value is -1.35. The summed E-state index contributed by atoms with van der Waals surface area (Å²) in [4.78, 5) is 30.5. The van der Waals surface area contributed by atoms with Gasteiger partial charge in [-0.2, -0.15) is 0 Å². The number of Topliss-reactive ketones (excluding diaryl/α,β-unsaturated/α-hetero) is 1. The molecule has 0 atom stereocenters. The number of rotatable bonds is 4. The topological polar surface area (TPSA) is 95.2 Å². The molecule has 0 spiro atoms. The van der Waals surface area contributed by atoms with Crippen LogP contribution in [0.3, 0.4) is 0 Å². The molecule has 0 unspecified atom stereocenters. The van der Waals surface area contributed by atoms with E-state index in [2.05, 4.69) is 0 Å². The summed E-state index contributed by atoms with van der Waals surface area (Å²) in [5.74, 6) is 0.0485. The Labute approximate surface area is 140 Å². The normalized spacial score (nSPS) is 21.9. The Balaban J connectivity index is 0.000000319. The van der Waals surface area contributed by atoms with E-state index in [1.807, 2.05) is 14.7 Å². The van der Waals surface area contributed by atoms with Crippen molar-refractivity contribution in [1.29, 1.82) is 0 Å². The monoisotopic (exact) mass is 350 g/mol. The summed E-state index contributed by atoms with van der Waals surface area (Å²) in [6.45, 7) is 6.60. The van der Waals surface area contributed by atoms with Crippen LogP contribution in [0.4, 0.5) is 0 Å². The first-order chi connectivity index (χ1) is 10.2. The molecule has 3 saturated heterocycles. The third kappa shape index (κ3) is 3.51. The quantitative estimate of drug-likeness (QED) is 0.451. The van der Waals surface area contributed by atoms with E-state index in [-0.39, 0.29) is 28.3 Å². The average molecular weight is 350 g/mol. The van der Waals surface area contributed by atoms with Crippen LogP contribution in [-0.4, -0.2) is 78.6 Å². The van der Waals surface area contributed by atoms with Gasteiger partial charge in [-0.25, -0.2) is 0 Å². The van der Waals surface area contributed by atoms with Crippen molar-refractivity contribution in [2.24, 2.45) is 11.5 Å². The number of ketones is 2. The fourth-order valence-electron chi connectivity index (χ4n) is 2.28. The van der Waals surface area contributed by atoms with E-state index >= 15 is 0 Å². The number of allylic oxidation sites excluding steroid dienone is 1. The van der Waals surface area contributed by atoms with Gasteiger partial charge in [-0.1, -0.05) is 0 Å². The minimum atomic E-state index is 0. The Bertz CT molecular complexity index is 531. The molecular weight excluding hydrogens is 329 g/mol. The molecular formula is C14H21CoN5O2. The fraction of sp³-hybridized carbons (Fsp3) is 0.571. The van der Waals surface area contributed by atoms with Gasteiger partial charge in [0.05, 0.1) is 5.70 Å². The van der Waals surface area contributed by atoms with E-state index in [4.69, 9.17) is 11.5 Å². The zero-order valence-corrected chi connectivity index (χ0v) is 13.4. The fourth-order valence-corrected chi connectivity index (χ4v) is 2.28. The van der Waals surface area contributed by atoms with Gasteiger partial charge in [0, 0.05) is 75.2 Å². The second kappa shape index (κ2) is 6.82. The second-order valence-corrected chi connectivity index (χ2v) is 5.46. The molecule has 0 aromatic rings. The molecule has 1 radical (unpaired) electrons. The van der Waals surface area contributed by atoms with Gasteiger partial charge in [0.1, 0.15) is 11.4 Å². The Morgan fingerprint density at radius 3 is 1.68 bits per heavy atom. The molecule has 4 N–H and O–H groups in total. The average Bonchev–Trinajstić information content (AvgIpc) is 3.30. The molecule has 3 aliphatic heterocycles. The van der Waals surface area contributed by atoms with Crippen molar-refractivity contribution in [1.82, 2.24) is 14.7 Å². The van der Waals surface area contributed by atoms with Gasteiger partial charge in [-0.3, -0.25) is 9.59 Å². The number of carbonyl (C=O) groups excluding carboxylic acids is 2. The minimum Gasteiger partial charge on any atom is -0.365 e. The number of carbonyl (C=O) groups is 2. The van der Waals surface area contributed by atoms with Gasteiger partial charge in [0.25, 0.3) is 0 Å². The second-order valence-electron chi connectivity index (χ2n) is 5.46. The van der Waals surface area contributed by atoms with Crippen molar-refractivity contribution in [3.05, 3.63) is 23.2 Å². The number of nitrogens with two attached hydrogens (primary N) is 2. The summed E-state index contributed by atoms with van der Waals surface area (Å²) in [5, 5.41) is 0. The van der Waals surface area contributed by atoms with Gasteiger partial charge in [-0.05, 0) is 0 Å². The molecule has 3 heterocycles. The third-order valence-corrected chi connectivity index (χ3v) is 3.65. The summed E-state index contributed by atoms with van der Waals surface area (Å²) in [5.41, 5.74) is 11.7. The maximum atomic E-state index is 12.4. The molecule has 0 aromatic carbocycles. The molecule has 0 aromatic heterocycles. The molecule has 3 fully saturated rings. The van der Waals surface area contributed by atoms with E-state index in [1.165, 1.54) is 6.08 Å². The van der Waals surface area contributed by atoms with E-state index < -0.39 is 0 Å². The Morgan fingerprint density at radius 2 is 1.27 bits per heavy atom. The first kappa shape index (κ1) is 17.0. The molecule has 1 aliphatic carbocycles. The summed E-state index contributed by atoms with van der Waals surface area (Å²) in [6.07, 6.45) is 1.52. The van der Waals surface area contributed by atoms with Crippen LogP contribution in [0.2, 0.25) is 0 Å². The van der Waals surface area contributed by atoms with Crippen molar-refractivity contribution in [2.75, 3.05) is 52.4 Å². The van der Waals surface area contributed by atoms with Gasteiger partial charge in [0.15, 0.2) is 0 Å². The molecule has 22 heavy (non-hydrogen) atoms. The zero-order valence-electron chi connectivity index (χ0n) is 12.4. The molecule has 4 aliphatic rings. The van der Waals surface area contributed by atoms with Crippen molar-refractivity contribution >= 4 is 11.6 Å². The van der Waals surface area contributed by atoms with Crippen molar-refractivity contribution < 1.29 is 26.4 Å².